The molecule has 0 amide bonds. The van der Waals surface area contributed by atoms with Crippen LogP contribution in [0.2, 0.25) is 0 Å². The van der Waals surface area contributed by atoms with Gasteiger partial charge in [0, 0.05) is 0 Å². The first-order valence-electron chi connectivity index (χ1n) is 5.37. The minimum atomic E-state index is 0.239. The molecule has 2 rings (SSSR count). The summed E-state index contributed by atoms with van der Waals surface area (Å²) in [5.74, 6) is 0.239. The zero-order valence-corrected chi connectivity index (χ0v) is 9.75. The SMILES string of the molecule is CCOc1nnc(C=O)n1-c1ccccc1C. The van der Waals surface area contributed by atoms with Gasteiger partial charge in [-0.3, -0.25) is 4.79 Å². The molecule has 0 bridgehead atoms. The number of aromatic nitrogens is 3. The molecule has 0 aliphatic heterocycles. The van der Waals surface area contributed by atoms with Gasteiger partial charge in [-0.15, -0.1) is 5.10 Å². The van der Waals surface area contributed by atoms with Crippen LogP contribution in [-0.2, 0) is 0 Å². The number of aldehydes is 1. The Kier molecular flexibility index (Phi) is 3.18. The molecule has 0 saturated heterocycles. The molecule has 5 heteroatoms. The van der Waals surface area contributed by atoms with Crippen LogP contribution in [0.4, 0.5) is 0 Å². The van der Waals surface area contributed by atoms with Crippen molar-refractivity contribution in [2.45, 2.75) is 13.8 Å². The van der Waals surface area contributed by atoms with E-state index in [9.17, 15) is 4.79 Å². The lowest BCUT2D eigenvalue weighted by Gasteiger charge is -2.10. The Morgan fingerprint density at radius 1 is 1.35 bits per heavy atom. The van der Waals surface area contributed by atoms with Crippen molar-refractivity contribution >= 4 is 6.29 Å². The summed E-state index contributed by atoms with van der Waals surface area (Å²) in [6, 6.07) is 8.02. The van der Waals surface area contributed by atoms with Crippen LogP contribution in [0.1, 0.15) is 23.1 Å². The lowest BCUT2D eigenvalue weighted by atomic mass is 10.2. The molecular formula is C12H13N3O2. The van der Waals surface area contributed by atoms with Crippen molar-refractivity contribution in [1.29, 1.82) is 0 Å². The van der Waals surface area contributed by atoms with Crippen molar-refractivity contribution < 1.29 is 9.53 Å². The fraction of sp³-hybridized carbons (Fsp3) is 0.250. The van der Waals surface area contributed by atoms with Crippen LogP contribution in [0.3, 0.4) is 0 Å². The van der Waals surface area contributed by atoms with Crippen LogP contribution in [-0.4, -0.2) is 27.7 Å². The van der Waals surface area contributed by atoms with E-state index in [2.05, 4.69) is 10.2 Å². The molecule has 2 aromatic rings. The number of para-hydroxylation sites is 1. The summed E-state index contributed by atoms with van der Waals surface area (Å²) in [7, 11) is 0. The van der Waals surface area contributed by atoms with Crippen LogP contribution < -0.4 is 4.74 Å². The zero-order valence-electron chi connectivity index (χ0n) is 9.75. The van der Waals surface area contributed by atoms with Gasteiger partial charge in [0.05, 0.1) is 12.3 Å². The molecule has 88 valence electrons. The minimum absolute atomic E-state index is 0.239. The van der Waals surface area contributed by atoms with Gasteiger partial charge in [-0.25, -0.2) is 4.57 Å². The van der Waals surface area contributed by atoms with E-state index in [0.717, 1.165) is 11.3 Å². The maximum Gasteiger partial charge on any atom is 0.322 e. The third-order valence-electron chi connectivity index (χ3n) is 2.39. The Labute approximate surface area is 99.1 Å². The molecule has 1 aromatic heterocycles. The smallest absolute Gasteiger partial charge is 0.322 e. The average Bonchev–Trinajstić information content (AvgIpc) is 2.73. The number of hydrogen-bond acceptors (Lipinski definition) is 4. The van der Waals surface area contributed by atoms with Gasteiger partial charge >= 0.3 is 6.01 Å². The zero-order chi connectivity index (χ0) is 12.3. The van der Waals surface area contributed by atoms with Gasteiger partial charge < -0.3 is 4.74 Å². The highest BCUT2D eigenvalue weighted by molar-refractivity contribution is 5.71. The Balaban J connectivity index is 2.60. The van der Waals surface area contributed by atoms with Gasteiger partial charge in [-0.05, 0) is 25.5 Å². The lowest BCUT2D eigenvalue weighted by molar-refractivity contribution is 0.111. The van der Waals surface area contributed by atoms with E-state index in [1.165, 1.54) is 0 Å². The largest absolute Gasteiger partial charge is 0.464 e. The van der Waals surface area contributed by atoms with E-state index in [1.807, 2.05) is 38.1 Å². The molecule has 0 fully saturated rings. The van der Waals surface area contributed by atoms with E-state index in [0.29, 0.717) is 18.9 Å². The van der Waals surface area contributed by atoms with Crippen molar-refractivity contribution in [3.05, 3.63) is 35.7 Å². The third kappa shape index (κ3) is 2.04. The second-order valence-electron chi connectivity index (χ2n) is 3.51. The molecule has 0 atom stereocenters. The van der Waals surface area contributed by atoms with Crippen LogP contribution in [0.25, 0.3) is 5.69 Å². The summed E-state index contributed by atoms with van der Waals surface area (Å²) in [6.45, 7) is 4.29. The molecule has 1 heterocycles. The molecule has 0 unspecified atom stereocenters. The molecule has 1 aromatic carbocycles. The molecule has 5 nitrogen and oxygen atoms in total. The second-order valence-corrected chi connectivity index (χ2v) is 3.51. The number of ether oxygens (including phenoxy) is 1. The van der Waals surface area contributed by atoms with Crippen molar-refractivity contribution in [1.82, 2.24) is 14.8 Å². The van der Waals surface area contributed by atoms with Gasteiger partial charge in [-0.1, -0.05) is 23.3 Å². The molecule has 17 heavy (non-hydrogen) atoms. The number of aryl methyl sites for hydroxylation is 1. The van der Waals surface area contributed by atoms with Gasteiger partial charge in [0.25, 0.3) is 0 Å². The molecule has 0 aliphatic rings. The fourth-order valence-corrected chi connectivity index (χ4v) is 1.62. The molecule has 0 saturated carbocycles. The molecule has 0 aliphatic carbocycles. The van der Waals surface area contributed by atoms with E-state index >= 15 is 0 Å². The lowest BCUT2D eigenvalue weighted by Crippen LogP contribution is -2.06. The monoisotopic (exact) mass is 231 g/mol. The van der Waals surface area contributed by atoms with E-state index < -0.39 is 0 Å². The molecule has 0 spiro atoms. The normalized spacial score (nSPS) is 10.2. The van der Waals surface area contributed by atoms with Gasteiger partial charge in [0.2, 0.25) is 5.82 Å². The number of nitrogens with zero attached hydrogens (tertiary/aromatic N) is 3. The maximum absolute atomic E-state index is 11.0. The quantitative estimate of drug-likeness (QED) is 0.753. The van der Waals surface area contributed by atoms with Gasteiger partial charge in [0.15, 0.2) is 6.29 Å². The van der Waals surface area contributed by atoms with Crippen LogP contribution >= 0.6 is 0 Å². The molecular weight excluding hydrogens is 218 g/mol. The molecule has 0 N–H and O–H groups in total. The standard InChI is InChI=1S/C12H13N3O2/c1-3-17-12-14-13-11(8-16)15(12)10-7-5-4-6-9(10)2/h4-8H,3H2,1-2H3. The van der Waals surface area contributed by atoms with Crippen molar-refractivity contribution in [2.24, 2.45) is 0 Å². The first-order valence-corrected chi connectivity index (χ1v) is 5.37. The van der Waals surface area contributed by atoms with Gasteiger partial charge in [-0.2, -0.15) is 0 Å². The third-order valence-corrected chi connectivity index (χ3v) is 2.39. The summed E-state index contributed by atoms with van der Waals surface area (Å²) < 4.78 is 6.98. The Bertz CT molecular complexity index is 534. The van der Waals surface area contributed by atoms with Gasteiger partial charge in [0.1, 0.15) is 0 Å². The summed E-state index contributed by atoms with van der Waals surface area (Å²) >= 11 is 0. The van der Waals surface area contributed by atoms with Crippen LogP contribution in [0, 0.1) is 6.92 Å². The topological polar surface area (TPSA) is 57.0 Å². The average molecular weight is 231 g/mol. The first kappa shape index (κ1) is 11.3. The maximum atomic E-state index is 11.0. The minimum Gasteiger partial charge on any atom is -0.464 e. The number of hydrogen-bond donors (Lipinski definition) is 0. The fourth-order valence-electron chi connectivity index (χ4n) is 1.62. The summed E-state index contributed by atoms with van der Waals surface area (Å²) in [6.07, 6.45) is 0.669. The first-order chi connectivity index (χ1) is 8.27. The molecule has 0 radical (unpaired) electrons. The predicted octanol–water partition coefficient (Wildman–Crippen LogP) is 1.79. The highest BCUT2D eigenvalue weighted by Crippen LogP contribution is 2.20. The Morgan fingerprint density at radius 2 is 2.12 bits per heavy atom. The highest BCUT2D eigenvalue weighted by Gasteiger charge is 2.15. The van der Waals surface area contributed by atoms with Crippen molar-refractivity contribution in [2.75, 3.05) is 6.61 Å². The van der Waals surface area contributed by atoms with Crippen LogP contribution in [0.15, 0.2) is 24.3 Å². The summed E-state index contributed by atoms with van der Waals surface area (Å²) in [5.41, 5.74) is 1.87. The second kappa shape index (κ2) is 4.78. The van der Waals surface area contributed by atoms with E-state index in [-0.39, 0.29) is 5.82 Å². The Morgan fingerprint density at radius 3 is 2.76 bits per heavy atom. The summed E-state index contributed by atoms with van der Waals surface area (Å²) in [4.78, 5) is 11.0. The van der Waals surface area contributed by atoms with Crippen molar-refractivity contribution in [3.63, 3.8) is 0 Å². The number of benzene rings is 1. The number of carbonyl (C=O) groups is 1. The predicted molar refractivity (Wildman–Crippen MR) is 62.7 cm³/mol. The number of rotatable bonds is 4. The summed E-state index contributed by atoms with van der Waals surface area (Å²) in [5, 5.41) is 7.64. The van der Waals surface area contributed by atoms with E-state index in [1.54, 1.807) is 4.57 Å². The highest BCUT2D eigenvalue weighted by atomic mass is 16.5. The van der Waals surface area contributed by atoms with Crippen LogP contribution in [0.5, 0.6) is 6.01 Å². The van der Waals surface area contributed by atoms with Crippen molar-refractivity contribution in [3.8, 4) is 11.7 Å². The number of carbonyl (C=O) groups excluding carboxylic acids is 1. The van der Waals surface area contributed by atoms with E-state index in [4.69, 9.17) is 4.74 Å². The Hall–Kier alpha value is -2.17.